The third kappa shape index (κ3) is 5.83. The van der Waals surface area contributed by atoms with Crippen LogP contribution in [0.5, 0.6) is 5.75 Å². The number of para-hydroxylation sites is 1. The molecular weight excluding hydrogens is 364 g/mol. The highest BCUT2D eigenvalue weighted by atomic mass is 16.5. The molecule has 1 saturated heterocycles. The molecule has 0 unspecified atom stereocenters. The van der Waals surface area contributed by atoms with E-state index in [1.165, 1.54) is 5.56 Å². The molecule has 0 atom stereocenters. The topological polar surface area (TPSA) is 49.9 Å². The second-order valence-electron chi connectivity index (χ2n) is 7.59. The number of aryl methyl sites for hydroxylation is 2. The van der Waals surface area contributed by atoms with Gasteiger partial charge in [0.1, 0.15) is 5.75 Å². The maximum absolute atomic E-state index is 12.8. The highest BCUT2D eigenvalue weighted by molar-refractivity contribution is 5.94. The first kappa shape index (κ1) is 20.9. The molecule has 0 aromatic heterocycles. The highest BCUT2D eigenvalue weighted by Gasteiger charge is 2.22. The number of benzene rings is 2. The monoisotopic (exact) mass is 394 g/mol. The molecule has 1 aliphatic heterocycles. The van der Waals surface area contributed by atoms with Gasteiger partial charge in [0.05, 0.1) is 6.61 Å². The molecule has 0 radical (unpaired) electrons. The Morgan fingerprint density at radius 1 is 0.897 bits per heavy atom. The first-order valence-electron chi connectivity index (χ1n) is 10.4. The number of nitrogens with zero attached hydrogens (tertiary/aromatic N) is 2. The van der Waals surface area contributed by atoms with Crippen molar-refractivity contribution in [2.75, 3.05) is 32.8 Å². The van der Waals surface area contributed by atoms with Crippen LogP contribution in [0.15, 0.2) is 48.5 Å². The summed E-state index contributed by atoms with van der Waals surface area (Å²) in [7, 11) is 0. The van der Waals surface area contributed by atoms with Crippen molar-refractivity contribution in [3.63, 3.8) is 0 Å². The predicted molar refractivity (Wildman–Crippen MR) is 114 cm³/mol. The Morgan fingerprint density at radius 2 is 1.62 bits per heavy atom. The SMILES string of the molecule is Cc1ccc(C(=O)N2CCCN(C(=O)CCCOc3ccccc3)CC2)cc1C. The maximum atomic E-state index is 12.8. The summed E-state index contributed by atoms with van der Waals surface area (Å²) in [6.45, 7) is 7.16. The second-order valence-corrected chi connectivity index (χ2v) is 7.59. The van der Waals surface area contributed by atoms with Crippen LogP contribution in [-0.2, 0) is 4.79 Å². The Bertz CT molecular complexity index is 835. The van der Waals surface area contributed by atoms with Crippen molar-refractivity contribution in [3.05, 3.63) is 65.2 Å². The van der Waals surface area contributed by atoms with Crippen molar-refractivity contribution in [1.82, 2.24) is 9.80 Å². The third-order valence-electron chi connectivity index (χ3n) is 5.44. The first-order valence-corrected chi connectivity index (χ1v) is 10.4. The van der Waals surface area contributed by atoms with Crippen LogP contribution in [0.25, 0.3) is 0 Å². The molecule has 2 amide bonds. The highest BCUT2D eigenvalue weighted by Crippen LogP contribution is 2.15. The summed E-state index contributed by atoms with van der Waals surface area (Å²) < 4.78 is 5.66. The lowest BCUT2D eigenvalue weighted by atomic mass is 10.1. The van der Waals surface area contributed by atoms with E-state index in [0.29, 0.717) is 45.6 Å². The van der Waals surface area contributed by atoms with Crippen molar-refractivity contribution >= 4 is 11.8 Å². The Morgan fingerprint density at radius 3 is 2.38 bits per heavy atom. The number of ether oxygens (including phenoxy) is 1. The van der Waals surface area contributed by atoms with Crippen molar-refractivity contribution in [2.45, 2.75) is 33.1 Å². The maximum Gasteiger partial charge on any atom is 0.253 e. The van der Waals surface area contributed by atoms with E-state index in [1.807, 2.05) is 72.2 Å². The molecule has 2 aromatic carbocycles. The smallest absolute Gasteiger partial charge is 0.253 e. The zero-order valence-electron chi connectivity index (χ0n) is 17.4. The molecule has 1 aliphatic rings. The molecule has 0 saturated carbocycles. The molecule has 1 heterocycles. The number of rotatable bonds is 6. The van der Waals surface area contributed by atoms with Crippen LogP contribution in [0.3, 0.4) is 0 Å². The fourth-order valence-electron chi connectivity index (χ4n) is 3.52. The molecule has 0 aliphatic carbocycles. The van der Waals surface area contributed by atoms with Gasteiger partial charge in [-0.25, -0.2) is 0 Å². The number of carbonyl (C=O) groups is 2. The van der Waals surface area contributed by atoms with E-state index in [9.17, 15) is 9.59 Å². The van der Waals surface area contributed by atoms with Gasteiger partial charge in [-0.3, -0.25) is 9.59 Å². The lowest BCUT2D eigenvalue weighted by Crippen LogP contribution is -2.37. The lowest BCUT2D eigenvalue weighted by Gasteiger charge is -2.22. The molecule has 5 nitrogen and oxygen atoms in total. The fourth-order valence-corrected chi connectivity index (χ4v) is 3.52. The minimum atomic E-state index is 0.0543. The number of amides is 2. The van der Waals surface area contributed by atoms with Gasteiger partial charge in [-0.2, -0.15) is 0 Å². The van der Waals surface area contributed by atoms with E-state index in [1.54, 1.807) is 0 Å². The van der Waals surface area contributed by atoms with Gasteiger partial charge < -0.3 is 14.5 Å². The van der Waals surface area contributed by atoms with Crippen LogP contribution in [-0.4, -0.2) is 54.4 Å². The average molecular weight is 395 g/mol. The van der Waals surface area contributed by atoms with E-state index in [2.05, 4.69) is 0 Å². The van der Waals surface area contributed by atoms with Gasteiger partial charge >= 0.3 is 0 Å². The van der Waals surface area contributed by atoms with Gasteiger partial charge in [-0.1, -0.05) is 24.3 Å². The minimum absolute atomic E-state index is 0.0543. The van der Waals surface area contributed by atoms with Gasteiger partial charge in [0, 0.05) is 38.2 Å². The molecule has 2 aromatic rings. The Balaban J connectivity index is 1.45. The van der Waals surface area contributed by atoms with Gasteiger partial charge in [0.2, 0.25) is 5.91 Å². The van der Waals surface area contributed by atoms with Crippen molar-refractivity contribution < 1.29 is 14.3 Å². The lowest BCUT2D eigenvalue weighted by molar-refractivity contribution is -0.131. The summed E-state index contributed by atoms with van der Waals surface area (Å²) in [6, 6.07) is 15.5. The van der Waals surface area contributed by atoms with E-state index < -0.39 is 0 Å². The summed E-state index contributed by atoms with van der Waals surface area (Å²) in [4.78, 5) is 29.2. The van der Waals surface area contributed by atoms with Gasteiger partial charge in [0.15, 0.2) is 0 Å². The molecule has 0 spiro atoms. The van der Waals surface area contributed by atoms with Crippen molar-refractivity contribution in [3.8, 4) is 5.75 Å². The Kier molecular flexibility index (Phi) is 7.28. The second kappa shape index (κ2) is 10.1. The van der Waals surface area contributed by atoms with Crippen LogP contribution in [0, 0.1) is 13.8 Å². The van der Waals surface area contributed by atoms with Crippen LogP contribution in [0.2, 0.25) is 0 Å². The summed E-state index contributed by atoms with van der Waals surface area (Å²) in [5, 5.41) is 0. The predicted octanol–water partition coefficient (Wildman–Crippen LogP) is 3.84. The van der Waals surface area contributed by atoms with E-state index in [0.717, 1.165) is 23.3 Å². The molecule has 29 heavy (non-hydrogen) atoms. The van der Waals surface area contributed by atoms with E-state index in [-0.39, 0.29) is 11.8 Å². The molecule has 0 bridgehead atoms. The summed E-state index contributed by atoms with van der Waals surface area (Å²) in [5.74, 6) is 1.02. The van der Waals surface area contributed by atoms with E-state index in [4.69, 9.17) is 4.74 Å². The minimum Gasteiger partial charge on any atom is -0.494 e. The average Bonchev–Trinajstić information content (AvgIpc) is 3.00. The summed E-state index contributed by atoms with van der Waals surface area (Å²) >= 11 is 0. The molecular formula is C24H30N2O3. The fraction of sp³-hybridized carbons (Fsp3) is 0.417. The molecule has 0 N–H and O–H groups in total. The van der Waals surface area contributed by atoms with E-state index >= 15 is 0 Å². The van der Waals surface area contributed by atoms with Gasteiger partial charge in [-0.15, -0.1) is 0 Å². The number of carbonyl (C=O) groups excluding carboxylic acids is 2. The molecule has 154 valence electrons. The number of hydrogen-bond donors (Lipinski definition) is 0. The van der Waals surface area contributed by atoms with Crippen LogP contribution in [0.4, 0.5) is 0 Å². The largest absolute Gasteiger partial charge is 0.494 e. The molecule has 3 rings (SSSR count). The molecule has 1 fully saturated rings. The van der Waals surface area contributed by atoms with Crippen LogP contribution in [0.1, 0.15) is 40.7 Å². The molecule has 5 heteroatoms. The van der Waals surface area contributed by atoms with Crippen LogP contribution >= 0.6 is 0 Å². The zero-order chi connectivity index (χ0) is 20.6. The normalized spacial score (nSPS) is 14.4. The standard InChI is InChI=1S/C24H30N2O3/c1-19-11-12-21(18-20(19)2)24(28)26-14-7-13-25(15-16-26)23(27)10-6-17-29-22-8-4-3-5-9-22/h3-5,8-9,11-12,18H,6-7,10,13-17H2,1-2H3. The summed E-state index contributed by atoms with van der Waals surface area (Å²) in [6.07, 6.45) is 1.97. The van der Waals surface area contributed by atoms with Gasteiger partial charge in [0.25, 0.3) is 5.91 Å². The Labute approximate surface area is 173 Å². The van der Waals surface area contributed by atoms with Crippen LogP contribution < -0.4 is 4.74 Å². The van der Waals surface area contributed by atoms with Crippen molar-refractivity contribution in [1.29, 1.82) is 0 Å². The van der Waals surface area contributed by atoms with Gasteiger partial charge in [-0.05, 0) is 62.1 Å². The Hall–Kier alpha value is -2.82. The first-order chi connectivity index (χ1) is 14.0. The number of hydrogen-bond acceptors (Lipinski definition) is 3. The zero-order valence-corrected chi connectivity index (χ0v) is 17.4. The quantitative estimate of drug-likeness (QED) is 0.700. The third-order valence-corrected chi connectivity index (χ3v) is 5.44. The van der Waals surface area contributed by atoms with Crippen molar-refractivity contribution in [2.24, 2.45) is 0 Å². The summed E-state index contributed by atoms with van der Waals surface area (Å²) in [5.41, 5.74) is 3.04.